The van der Waals surface area contributed by atoms with Gasteiger partial charge in [0.15, 0.2) is 5.78 Å². The Kier molecular flexibility index (Phi) is 4.36. The van der Waals surface area contributed by atoms with Gasteiger partial charge in [-0.15, -0.1) is 0 Å². The number of ketones is 1. The molecule has 1 aliphatic carbocycles. The number of nitrogens with zero attached hydrogens (tertiary/aromatic N) is 1. The van der Waals surface area contributed by atoms with Gasteiger partial charge in [0.25, 0.3) is 0 Å². The number of Topliss-reactive ketones (excluding diaryl/α,β-unsaturated/α-hetero) is 1. The number of hydrogen-bond donors (Lipinski definition) is 0. The molecule has 1 aliphatic heterocycles. The van der Waals surface area contributed by atoms with Gasteiger partial charge in [0.1, 0.15) is 5.82 Å². The maximum atomic E-state index is 13.3. The van der Waals surface area contributed by atoms with Gasteiger partial charge in [-0.3, -0.25) is 9.69 Å². The summed E-state index contributed by atoms with van der Waals surface area (Å²) in [5.41, 5.74) is 0.440. The van der Waals surface area contributed by atoms with Crippen LogP contribution in [0.5, 0.6) is 0 Å². The van der Waals surface area contributed by atoms with E-state index in [1.165, 1.54) is 12.1 Å². The molecule has 0 aromatic heterocycles. The van der Waals surface area contributed by atoms with E-state index in [4.69, 9.17) is 4.74 Å². The Labute approximate surface area is 125 Å². The Morgan fingerprint density at radius 3 is 2.62 bits per heavy atom. The zero-order valence-corrected chi connectivity index (χ0v) is 12.3. The van der Waals surface area contributed by atoms with Crippen LogP contribution in [0.2, 0.25) is 0 Å². The van der Waals surface area contributed by atoms with Gasteiger partial charge in [0.05, 0.1) is 18.8 Å². The first-order chi connectivity index (χ1) is 10.2. The standard InChI is InChI=1S/C17H22FNO2/c18-15-5-3-4-14(12-15)13-16(20)17(6-1-2-7-17)19-8-10-21-11-9-19/h3-5,12H,1-2,6-11,13H2. The lowest BCUT2D eigenvalue weighted by Crippen LogP contribution is -2.57. The third-order valence-electron chi connectivity index (χ3n) is 4.82. The van der Waals surface area contributed by atoms with Crippen molar-refractivity contribution in [3.63, 3.8) is 0 Å². The third kappa shape index (κ3) is 3.01. The largest absolute Gasteiger partial charge is 0.379 e. The number of ether oxygens (including phenoxy) is 1. The molecule has 2 fully saturated rings. The van der Waals surface area contributed by atoms with Crippen LogP contribution in [0.1, 0.15) is 31.2 Å². The van der Waals surface area contributed by atoms with Crippen molar-refractivity contribution in [1.82, 2.24) is 4.90 Å². The number of benzene rings is 1. The molecule has 0 amide bonds. The molecule has 3 rings (SSSR count). The first-order valence-electron chi connectivity index (χ1n) is 7.81. The molecule has 1 aromatic rings. The van der Waals surface area contributed by atoms with Crippen LogP contribution in [0.15, 0.2) is 24.3 Å². The maximum absolute atomic E-state index is 13.3. The van der Waals surface area contributed by atoms with Crippen molar-refractivity contribution in [2.45, 2.75) is 37.6 Å². The second-order valence-corrected chi connectivity index (χ2v) is 6.07. The quantitative estimate of drug-likeness (QED) is 0.854. The normalized spacial score (nSPS) is 22.3. The fourth-order valence-corrected chi connectivity index (χ4v) is 3.72. The fraction of sp³-hybridized carbons (Fsp3) is 0.588. The highest BCUT2D eigenvalue weighted by Gasteiger charge is 2.45. The van der Waals surface area contributed by atoms with E-state index in [1.54, 1.807) is 6.07 Å². The maximum Gasteiger partial charge on any atom is 0.157 e. The molecule has 21 heavy (non-hydrogen) atoms. The molecule has 4 heteroatoms. The second kappa shape index (κ2) is 6.24. The summed E-state index contributed by atoms with van der Waals surface area (Å²) in [4.78, 5) is 15.3. The number of morpholine rings is 1. The molecule has 1 heterocycles. The third-order valence-corrected chi connectivity index (χ3v) is 4.82. The number of halogens is 1. The van der Waals surface area contributed by atoms with E-state index >= 15 is 0 Å². The van der Waals surface area contributed by atoms with Crippen LogP contribution >= 0.6 is 0 Å². The summed E-state index contributed by atoms with van der Waals surface area (Å²) >= 11 is 0. The van der Waals surface area contributed by atoms with Crippen molar-refractivity contribution in [3.05, 3.63) is 35.6 Å². The van der Waals surface area contributed by atoms with E-state index in [-0.39, 0.29) is 17.1 Å². The summed E-state index contributed by atoms with van der Waals surface area (Å²) in [6.45, 7) is 3.06. The monoisotopic (exact) mass is 291 g/mol. The van der Waals surface area contributed by atoms with Gasteiger partial charge in [-0.05, 0) is 30.5 Å². The highest BCUT2D eigenvalue weighted by atomic mass is 19.1. The van der Waals surface area contributed by atoms with Crippen LogP contribution in [0.4, 0.5) is 4.39 Å². The zero-order chi connectivity index (χ0) is 14.7. The van der Waals surface area contributed by atoms with Gasteiger partial charge >= 0.3 is 0 Å². The first-order valence-corrected chi connectivity index (χ1v) is 7.81. The SMILES string of the molecule is O=C(Cc1cccc(F)c1)C1(N2CCOCC2)CCCC1. The highest BCUT2D eigenvalue weighted by molar-refractivity contribution is 5.90. The Balaban J connectivity index is 1.78. The molecule has 1 saturated heterocycles. The van der Waals surface area contributed by atoms with E-state index in [0.29, 0.717) is 19.6 Å². The van der Waals surface area contributed by atoms with Crippen LogP contribution in [0.3, 0.4) is 0 Å². The summed E-state index contributed by atoms with van der Waals surface area (Å²) in [6.07, 6.45) is 4.40. The molecule has 1 saturated carbocycles. The minimum atomic E-state index is -0.337. The zero-order valence-electron chi connectivity index (χ0n) is 12.3. The van der Waals surface area contributed by atoms with E-state index in [2.05, 4.69) is 4.90 Å². The minimum absolute atomic E-state index is 0.243. The van der Waals surface area contributed by atoms with Crippen molar-refractivity contribution in [2.75, 3.05) is 26.3 Å². The summed E-state index contributed by atoms with van der Waals surface area (Å²) in [5, 5.41) is 0. The summed E-state index contributed by atoms with van der Waals surface area (Å²) < 4.78 is 18.7. The van der Waals surface area contributed by atoms with E-state index in [0.717, 1.165) is 44.3 Å². The molecular formula is C17H22FNO2. The Bertz CT molecular complexity index is 505. The van der Waals surface area contributed by atoms with E-state index < -0.39 is 0 Å². The van der Waals surface area contributed by atoms with Crippen molar-refractivity contribution in [3.8, 4) is 0 Å². The van der Waals surface area contributed by atoms with Crippen molar-refractivity contribution >= 4 is 5.78 Å². The minimum Gasteiger partial charge on any atom is -0.379 e. The second-order valence-electron chi connectivity index (χ2n) is 6.07. The van der Waals surface area contributed by atoms with Gasteiger partial charge < -0.3 is 4.74 Å². The van der Waals surface area contributed by atoms with Gasteiger partial charge in [-0.25, -0.2) is 4.39 Å². The van der Waals surface area contributed by atoms with Gasteiger partial charge in [-0.1, -0.05) is 25.0 Å². The Morgan fingerprint density at radius 2 is 1.95 bits per heavy atom. The van der Waals surface area contributed by atoms with Crippen LogP contribution in [-0.4, -0.2) is 42.5 Å². The first kappa shape index (κ1) is 14.7. The molecule has 0 bridgehead atoms. The number of hydrogen-bond acceptors (Lipinski definition) is 3. The lowest BCUT2D eigenvalue weighted by Gasteiger charge is -2.42. The van der Waals surface area contributed by atoms with E-state index in [9.17, 15) is 9.18 Å². The molecule has 0 N–H and O–H groups in total. The van der Waals surface area contributed by atoms with Gasteiger partial charge in [-0.2, -0.15) is 0 Å². The van der Waals surface area contributed by atoms with Crippen LogP contribution in [0.25, 0.3) is 0 Å². The van der Waals surface area contributed by atoms with Crippen LogP contribution in [-0.2, 0) is 16.0 Å². The average Bonchev–Trinajstić information content (AvgIpc) is 2.99. The molecular weight excluding hydrogens is 269 g/mol. The highest BCUT2D eigenvalue weighted by Crippen LogP contribution is 2.37. The van der Waals surface area contributed by atoms with Crippen LogP contribution in [0, 0.1) is 5.82 Å². The predicted octanol–water partition coefficient (Wildman–Crippen LogP) is 2.58. The number of rotatable bonds is 4. The Morgan fingerprint density at radius 1 is 1.24 bits per heavy atom. The summed E-state index contributed by atoms with van der Waals surface area (Å²) in [5.74, 6) is -0.0281. The van der Waals surface area contributed by atoms with E-state index in [1.807, 2.05) is 6.07 Å². The van der Waals surface area contributed by atoms with Crippen molar-refractivity contribution in [2.24, 2.45) is 0 Å². The lowest BCUT2D eigenvalue weighted by atomic mass is 9.86. The molecule has 114 valence electrons. The molecule has 0 atom stereocenters. The molecule has 0 unspecified atom stereocenters. The molecule has 0 radical (unpaired) electrons. The molecule has 3 nitrogen and oxygen atoms in total. The van der Waals surface area contributed by atoms with Crippen molar-refractivity contribution in [1.29, 1.82) is 0 Å². The fourth-order valence-electron chi connectivity index (χ4n) is 3.72. The topological polar surface area (TPSA) is 29.5 Å². The van der Waals surface area contributed by atoms with Gasteiger partial charge in [0, 0.05) is 19.5 Å². The number of carbonyl (C=O) groups excluding carboxylic acids is 1. The average molecular weight is 291 g/mol. The van der Waals surface area contributed by atoms with Crippen LogP contribution < -0.4 is 0 Å². The summed E-state index contributed by atoms with van der Waals surface area (Å²) in [7, 11) is 0. The molecule has 0 spiro atoms. The molecule has 2 aliphatic rings. The predicted molar refractivity (Wildman–Crippen MR) is 78.7 cm³/mol. The van der Waals surface area contributed by atoms with Gasteiger partial charge in [0.2, 0.25) is 0 Å². The van der Waals surface area contributed by atoms with Crippen molar-refractivity contribution < 1.29 is 13.9 Å². The lowest BCUT2D eigenvalue weighted by molar-refractivity contribution is -0.133. The number of carbonyl (C=O) groups is 1. The summed E-state index contributed by atoms with van der Waals surface area (Å²) in [6, 6.07) is 6.40. The molecule has 1 aromatic carbocycles. The smallest absolute Gasteiger partial charge is 0.157 e. The Hall–Kier alpha value is -1.26.